The molecule has 26 heavy (non-hydrogen) atoms. The van der Waals surface area contributed by atoms with E-state index in [2.05, 4.69) is 5.32 Å². The van der Waals surface area contributed by atoms with Crippen molar-refractivity contribution in [3.8, 4) is 5.75 Å². The van der Waals surface area contributed by atoms with E-state index < -0.39 is 16.8 Å². The van der Waals surface area contributed by atoms with Crippen LogP contribution in [0.25, 0.3) is 0 Å². The number of methoxy groups -OCH3 is 1. The summed E-state index contributed by atoms with van der Waals surface area (Å²) in [5.41, 5.74) is 6.09. The molecular formula is C20H19FN2O3. The third-order valence-electron chi connectivity index (χ3n) is 5.79. The molecule has 5 nitrogen and oxygen atoms in total. The first-order valence-electron chi connectivity index (χ1n) is 8.43. The predicted octanol–water partition coefficient (Wildman–Crippen LogP) is 2.55. The average molecular weight is 354 g/mol. The highest BCUT2D eigenvalue weighted by atomic mass is 19.1. The lowest BCUT2D eigenvalue weighted by molar-refractivity contribution is -0.129. The number of amides is 1. The summed E-state index contributed by atoms with van der Waals surface area (Å²) in [7, 11) is 1.54. The smallest absolute Gasteiger partial charge is 0.237 e. The Bertz CT molecular complexity index is 958. The van der Waals surface area contributed by atoms with Gasteiger partial charge in [0.05, 0.1) is 7.11 Å². The molecule has 1 heterocycles. The summed E-state index contributed by atoms with van der Waals surface area (Å²) in [5, 5.41) is 2.84. The Hall–Kier alpha value is -2.73. The lowest BCUT2D eigenvalue weighted by atomic mass is 9.64. The number of fused-ring (bicyclic) bond motifs is 2. The molecule has 0 radical (unpaired) electrons. The molecule has 2 atom stereocenters. The van der Waals surface area contributed by atoms with Crippen LogP contribution in [0.5, 0.6) is 5.75 Å². The van der Waals surface area contributed by atoms with E-state index in [1.807, 2.05) is 0 Å². The molecule has 3 N–H and O–H groups in total. The number of nitrogens with two attached hydrogens (primary N) is 1. The topological polar surface area (TPSA) is 81.4 Å². The van der Waals surface area contributed by atoms with Crippen molar-refractivity contribution in [1.82, 2.24) is 0 Å². The summed E-state index contributed by atoms with van der Waals surface area (Å²) in [6.07, 6.45) is 0.439. The largest absolute Gasteiger partial charge is 0.497 e. The van der Waals surface area contributed by atoms with Gasteiger partial charge in [-0.2, -0.15) is 0 Å². The first-order valence-corrected chi connectivity index (χ1v) is 8.43. The van der Waals surface area contributed by atoms with Crippen molar-refractivity contribution in [1.29, 1.82) is 0 Å². The molecule has 0 aromatic heterocycles. The second-order valence-corrected chi connectivity index (χ2v) is 6.96. The van der Waals surface area contributed by atoms with Crippen molar-refractivity contribution < 1.29 is 18.7 Å². The van der Waals surface area contributed by atoms with Crippen molar-refractivity contribution in [3.05, 3.63) is 58.9 Å². The summed E-state index contributed by atoms with van der Waals surface area (Å²) < 4.78 is 19.2. The monoisotopic (exact) mass is 354 g/mol. The predicted molar refractivity (Wildman–Crippen MR) is 94.5 cm³/mol. The minimum atomic E-state index is -1.62. The molecule has 1 fully saturated rings. The highest BCUT2D eigenvalue weighted by molar-refractivity contribution is 6.14. The van der Waals surface area contributed by atoms with E-state index in [4.69, 9.17) is 10.5 Å². The van der Waals surface area contributed by atoms with E-state index in [0.717, 1.165) is 0 Å². The maximum atomic E-state index is 14.0. The van der Waals surface area contributed by atoms with E-state index in [-0.39, 0.29) is 24.5 Å². The van der Waals surface area contributed by atoms with Gasteiger partial charge in [0.15, 0.2) is 5.78 Å². The molecule has 1 aliphatic carbocycles. The summed E-state index contributed by atoms with van der Waals surface area (Å²) in [6, 6.07) is 9.39. The molecule has 2 aromatic rings. The third-order valence-corrected chi connectivity index (χ3v) is 5.79. The molecule has 0 bridgehead atoms. The second kappa shape index (κ2) is 5.38. The van der Waals surface area contributed by atoms with Crippen LogP contribution in [0.4, 0.5) is 10.1 Å². The van der Waals surface area contributed by atoms with E-state index in [9.17, 15) is 14.0 Å². The van der Waals surface area contributed by atoms with Crippen LogP contribution in [0.3, 0.4) is 0 Å². The molecule has 6 heteroatoms. The number of ketones is 1. The first-order chi connectivity index (χ1) is 12.3. The van der Waals surface area contributed by atoms with Crippen molar-refractivity contribution in [2.45, 2.75) is 30.7 Å². The zero-order chi connectivity index (χ0) is 18.7. The fraction of sp³-hybridized carbons (Fsp3) is 0.300. The van der Waals surface area contributed by atoms with Crippen LogP contribution in [0, 0.1) is 12.7 Å². The molecule has 2 aliphatic rings. The maximum Gasteiger partial charge on any atom is 0.237 e. The van der Waals surface area contributed by atoms with Gasteiger partial charge in [-0.05, 0) is 48.2 Å². The van der Waals surface area contributed by atoms with Gasteiger partial charge in [0.1, 0.15) is 22.5 Å². The van der Waals surface area contributed by atoms with Gasteiger partial charge >= 0.3 is 0 Å². The van der Waals surface area contributed by atoms with Gasteiger partial charge in [-0.1, -0.05) is 12.1 Å². The number of nitrogens with one attached hydrogen (secondary N) is 1. The second-order valence-electron chi connectivity index (χ2n) is 6.96. The van der Waals surface area contributed by atoms with Crippen molar-refractivity contribution in [3.63, 3.8) is 0 Å². The molecule has 1 spiro atoms. The Balaban J connectivity index is 2.01. The van der Waals surface area contributed by atoms with Gasteiger partial charge in [-0.25, -0.2) is 4.39 Å². The number of anilines is 1. The highest BCUT2D eigenvalue weighted by Crippen LogP contribution is 2.56. The lowest BCUT2D eigenvalue weighted by Gasteiger charge is -2.39. The molecule has 4 rings (SSSR count). The van der Waals surface area contributed by atoms with Crippen LogP contribution >= 0.6 is 0 Å². The number of benzene rings is 2. The number of ether oxygens (including phenoxy) is 1. The van der Waals surface area contributed by atoms with Crippen LogP contribution < -0.4 is 15.8 Å². The third kappa shape index (κ3) is 1.88. The minimum absolute atomic E-state index is 0.158. The Labute approximate surface area is 150 Å². The van der Waals surface area contributed by atoms with E-state index in [1.165, 1.54) is 19.2 Å². The van der Waals surface area contributed by atoms with Gasteiger partial charge in [0.2, 0.25) is 5.91 Å². The molecule has 1 amide bonds. The van der Waals surface area contributed by atoms with Gasteiger partial charge < -0.3 is 15.8 Å². The fourth-order valence-corrected chi connectivity index (χ4v) is 4.45. The number of halogens is 1. The van der Waals surface area contributed by atoms with Crippen LogP contribution in [0.15, 0.2) is 36.4 Å². The maximum absolute atomic E-state index is 14.0. The zero-order valence-electron chi connectivity index (χ0n) is 14.6. The van der Waals surface area contributed by atoms with Crippen LogP contribution in [0.1, 0.15) is 29.5 Å². The SMILES string of the molecule is COc1ccc2c(c1)NC(=O)[C@]21CCC(=O)[C@]1(N)c1cc(F)ccc1C. The molecule has 0 unspecified atom stereocenters. The van der Waals surface area contributed by atoms with Crippen molar-refractivity contribution >= 4 is 17.4 Å². The summed E-state index contributed by atoms with van der Waals surface area (Å²) in [6.45, 7) is 1.77. The standard InChI is InChI=1S/C20H19FN2O3/c1-11-3-4-12(21)9-15(11)20(22)17(24)7-8-19(20)14-6-5-13(26-2)10-16(14)23-18(19)25/h3-6,9-10H,7-8,22H2,1-2H3,(H,23,25)/t19-,20+/m0/s1. The number of carbonyl (C=O) groups is 2. The zero-order valence-corrected chi connectivity index (χ0v) is 14.6. The van der Waals surface area contributed by atoms with E-state index in [0.29, 0.717) is 28.1 Å². The fourth-order valence-electron chi connectivity index (χ4n) is 4.45. The molecule has 1 aliphatic heterocycles. The molecule has 1 saturated carbocycles. The van der Waals surface area contributed by atoms with Crippen molar-refractivity contribution in [2.75, 3.05) is 12.4 Å². The number of Topliss-reactive ketones (excluding diaryl/α,β-unsaturated/α-hetero) is 1. The van der Waals surface area contributed by atoms with Gasteiger partial charge in [-0.15, -0.1) is 0 Å². The average Bonchev–Trinajstić information content (AvgIpc) is 3.07. The number of rotatable bonds is 2. The summed E-state index contributed by atoms with van der Waals surface area (Å²) >= 11 is 0. The molecule has 0 saturated heterocycles. The summed E-state index contributed by atoms with van der Waals surface area (Å²) in [4.78, 5) is 26.1. The Morgan fingerprint density at radius 3 is 2.65 bits per heavy atom. The van der Waals surface area contributed by atoms with Crippen LogP contribution in [-0.2, 0) is 20.5 Å². The number of aryl methyl sites for hydroxylation is 1. The minimum Gasteiger partial charge on any atom is -0.497 e. The van der Waals surface area contributed by atoms with Gasteiger partial charge in [0.25, 0.3) is 0 Å². The Kier molecular flexibility index (Phi) is 3.46. The number of carbonyl (C=O) groups excluding carboxylic acids is 2. The van der Waals surface area contributed by atoms with Gasteiger partial charge in [0, 0.05) is 18.2 Å². The first kappa shape index (κ1) is 16.7. The van der Waals surface area contributed by atoms with Gasteiger partial charge in [-0.3, -0.25) is 9.59 Å². The normalized spacial score (nSPS) is 26.9. The molecule has 2 aromatic carbocycles. The molecule has 134 valence electrons. The van der Waals surface area contributed by atoms with Crippen LogP contribution in [-0.4, -0.2) is 18.8 Å². The quantitative estimate of drug-likeness (QED) is 0.868. The number of hydrogen-bond donors (Lipinski definition) is 2. The van der Waals surface area contributed by atoms with Crippen molar-refractivity contribution in [2.24, 2.45) is 5.73 Å². The van der Waals surface area contributed by atoms with E-state index in [1.54, 1.807) is 31.2 Å². The Morgan fingerprint density at radius 2 is 1.92 bits per heavy atom. The summed E-state index contributed by atoms with van der Waals surface area (Å²) in [5.74, 6) is -0.489. The molecular weight excluding hydrogens is 335 g/mol. The number of hydrogen-bond acceptors (Lipinski definition) is 4. The highest BCUT2D eigenvalue weighted by Gasteiger charge is 2.67. The Morgan fingerprint density at radius 1 is 1.15 bits per heavy atom. The lowest BCUT2D eigenvalue weighted by Crippen LogP contribution is -2.59. The van der Waals surface area contributed by atoms with E-state index >= 15 is 0 Å². The van der Waals surface area contributed by atoms with Crippen LogP contribution in [0.2, 0.25) is 0 Å².